The van der Waals surface area contributed by atoms with Gasteiger partial charge in [0.25, 0.3) is 0 Å². The highest BCUT2D eigenvalue weighted by Crippen LogP contribution is 2.67. The number of carbonyl (C=O) groups is 5. The van der Waals surface area contributed by atoms with E-state index in [1.807, 2.05) is 13.0 Å². The molecule has 236 valence electrons. The van der Waals surface area contributed by atoms with Gasteiger partial charge in [0.2, 0.25) is 11.7 Å². The van der Waals surface area contributed by atoms with Crippen molar-refractivity contribution < 1.29 is 44.0 Å². The normalized spacial score (nSPS) is 40.0. The summed E-state index contributed by atoms with van der Waals surface area (Å²) in [4.78, 5) is 61.2. The summed E-state index contributed by atoms with van der Waals surface area (Å²) in [6, 6.07) is 0. The maximum absolute atomic E-state index is 13.4. The van der Waals surface area contributed by atoms with E-state index in [1.165, 1.54) is 0 Å². The Morgan fingerprint density at radius 1 is 1.05 bits per heavy atom. The fourth-order valence-corrected chi connectivity index (χ4v) is 9.30. The molecule has 10 nitrogen and oxygen atoms in total. The van der Waals surface area contributed by atoms with Crippen molar-refractivity contribution in [2.24, 2.45) is 40.4 Å². The van der Waals surface area contributed by atoms with Crippen LogP contribution in [0.3, 0.4) is 0 Å². The van der Waals surface area contributed by atoms with Gasteiger partial charge in [-0.3, -0.25) is 24.0 Å². The summed E-state index contributed by atoms with van der Waals surface area (Å²) >= 11 is 0. The third-order valence-corrected chi connectivity index (χ3v) is 11.8. The minimum Gasteiger partial charge on any atom is -0.481 e. The second-order valence-corrected chi connectivity index (χ2v) is 14.1. The SMILES string of the molecule is C[C@]12C=CC(=O)C=C1CC[C@@H]1[C@@H]2[C@@H](O)C[C@@]2(C)[C@H]1CC[C@]2(O)C(=O)COC(=O)CCC(=O)NCC1CCC(C(=O)O)CC1. The molecule has 0 bridgehead atoms. The molecule has 0 aromatic carbocycles. The molecule has 5 aliphatic rings. The number of carbonyl (C=O) groups excluding carboxylic acids is 4. The van der Waals surface area contributed by atoms with Crippen LogP contribution in [-0.4, -0.2) is 69.6 Å². The van der Waals surface area contributed by atoms with Crippen LogP contribution in [0, 0.1) is 40.4 Å². The number of allylic oxidation sites excluding steroid dienone is 4. The first-order valence-corrected chi connectivity index (χ1v) is 15.8. The fraction of sp³-hybridized carbons (Fsp3) is 0.727. The van der Waals surface area contributed by atoms with Gasteiger partial charge in [0.15, 0.2) is 12.4 Å². The lowest BCUT2D eigenvalue weighted by Gasteiger charge is -2.59. The number of esters is 1. The Balaban J connectivity index is 1.12. The molecule has 1 amide bonds. The van der Waals surface area contributed by atoms with Crippen molar-refractivity contribution in [2.45, 2.75) is 96.2 Å². The number of carboxylic acid groups (broad SMARTS) is 1. The minimum atomic E-state index is -1.74. The average molecular weight is 600 g/mol. The Bertz CT molecular complexity index is 1230. The zero-order valence-electron chi connectivity index (χ0n) is 25.2. The Kier molecular flexibility index (Phi) is 8.75. The van der Waals surface area contributed by atoms with Gasteiger partial charge in [0.05, 0.1) is 18.4 Å². The van der Waals surface area contributed by atoms with Gasteiger partial charge in [-0.2, -0.15) is 0 Å². The summed E-state index contributed by atoms with van der Waals surface area (Å²) in [7, 11) is 0. The number of rotatable bonds is 9. The summed E-state index contributed by atoms with van der Waals surface area (Å²) in [5.74, 6) is -2.54. The van der Waals surface area contributed by atoms with Crippen LogP contribution in [0.2, 0.25) is 0 Å². The fourth-order valence-electron chi connectivity index (χ4n) is 9.30. The number of hydrogen-bond acceptors (Lipinski definition) is 8. The molecule has 5 aliphatic carbocycles. The predicted molar refractivity (Wildman–Crippen MR) is 154 cm³/mol. The largest absolute Gasteiger partial charge is 0.481 e. The molecule has 7 atom stereocenters. The summed E-state index contributed by atoms with van der Waals surface area (Å²) < 4.78 is 5.22. The lowest BCUT2D eigenvalue weighted by molar-refractivity contribution is -0.181. The summed E-state index contributed by atoms with van der Waals surface area (Å²) in [6.07, 6.45) is 9.38. The van der Waals surface area contributed by atoms with E-state index in [2.05, 4.69) is 12.2 Å². The van der Waals surface area contributed by atoms with Gasteiger partial charge in [-0.25, -0.2) is 0 Å². The molecule has 0 aliphatic heterocycles. The quantitative estimate of drug-likeness (QED) is 0.291. The highest BCUT2D eigenvalue weighted by Gasteiger charge is 2.68. The van der Waals surface area contributed by atoms with Gasteiger partial charge < -0.3 is 25.4 Å². The Morgan fingerprint density at radius 3 is 2.47 bits per heavy atom. The number of carboxylic acids is 1. The first-order chi connectivity index (χ1) is 20.3. The van der Waals surface area contributed by atoms with Crippen molar-refractivity contribution in [3.63, 3.8) is 0 Å². The number of ketones is 2. The molecule has 43 heavy (non-hydrogen) atoms. The maximum Gasteiger partial charge on any atom is 0.306 e. The van der Waals surface area contributed by atoms with Crippen LogP contribution in [0.15, 0.2) is 23.8 Å². The van der Waals surface area contributed by atoms with Crippen molar-refractivity contribution in [1.29, 1.82) is 0 Å². The molecule has 0 unspecified atom stereocenters. The van der Waals surface area contributed by atoms with Crippen LogP contribution in [0.5, 0.6) is 0 Å². The van der Waals surface area contributed by atoms with Gasteiger partial charge in [-0.05, 0) is 87.7 Å². The number of Topliss-reactive ketones (excluding diaryl/α,β-unsaturated/α-hetero) is 1. The number of aliphatic carboxylic acids is 1. The third kappa shape index (κ3) is 5.72. The van der Waals surface area contributed by atoms with E-state index in [1.54, 1.807) is 12.2 Å². The first kappa shape index (κ1) is 31.6. The number of nitrogens with one attached hydrogen (secondary N) is 1. The van der Waals surface area contributed by atoms with Crippen LogP contribution >= 0.6 is 0 Å². The lowest BCUT2D eigenvalue weighted by Crippen LogP contribution is -2.61. The molecule has 0 radical (unpaired) electrons. The molecular formula is C33H45NO9. The molecule has 5 rings (SSSR count). The van der Waals surface area contributed by atoms with Crippen molar-refractivity contribution in [3.8, 4) is 0 Å². The molecule has 0 saturated heterocycles. The number of aliphatic hydroxyl groups is 2. The van der Waals surface area contributed by atoms with Crippen LogP contribution in [0.4, 0.5) is 0 Å². The predicted octanol–water partition coefficient (Wildman–Crippen LogP) is 2.90. The molecule has 4 N–H and O–H groups in total. The van der Waals surface area contributed by atoms with Gasteiger partial charge in [0.1, 0.15) is 5.60 Å². The minimum absolute atomic E-state index is 0.00201. The third-order valence-electron chi connectivity index (χ3n) is 11.8. The Morgan fingerprint density at radius 2 is 1.77 bits per heavy atom. The van der Waals surface area contributed by atoms with E-state index >= 15 is 0 Å². The number of ether oxygens (including phenoxy) is 1. The molecule has 10 heteroatoms. The second kappa shape index (κ2) is 11.9. The van der Waals surface area contributed by atoms with Gasteiger partial charge in [-0.15, -0.1) is 0 Å². The van der Waals surface area contributed by atoms with E-state index in [-0.39, 0.29) is 67.0 Å². The van der Waals surface area contributed by atoms with Crippen molar-refractivity contribution in [1.82, 2.24) is 5.32 Å². The number of fused-ring (bicyclic) bond motifs is 5. The molecule has 0 aromatic rings. The Hall–Kier alpha value is -2.85. The van der Waals surface area contributed by atoms with Crippen molar-refractivity contribution in [2.75, 3.05) is 13.2 Å². The smallest absolute Gasteiger partial charge is 0.306 e. The van der Waals surface area contributed by atoms with Crippen LogP contribution in [-0.2, 0) is 28.7 Å². The van der Waals surface area contributed by atoms with E-state index in [0.717, 1.165) is 31.3 Å². The zero-order valence-corrected chi connectivity index (χ0v) is 25.2. The molecule has 4 fully saturated rings. The van der Waals surface area contributed by atoms with Crippen LogP contribution in [0.25, 0.3) is 0 Å². The van der Waals surface area contributed by atoms with Gasteiger partial charge in [0, 0.05) is 29.7 Å². The van der Waals surface area contributed by atoms with Gasteiger partial charge >= 0.3 is 11.9 Å². The molecule has 0 spiro atoms. The van der Waals surface area contributed by atoms with Crippen molar-refractivity contribution >= 4 is 29.4 Å². The first-order valence-electron chi connectivity index (χ1n) is 15.8. The van der Waals surface area contributed by atoms with Gasteiger partial charge in [-0.1, -0.05) is 25.5 Å². The van der Waals surface area contributed by atoms with Crippen LogP contribution in [0.1, 0.15) is 84.5 Å². The average Bonchev–Trinajstić information content (AvgIpc) is 3.24. The van der Waals surface area contributed by atoms with E-state index in [9.17, 15) is 34.2 Å². The topological polar surface area (TPSA) is 167 Å². The highest BCUT2D eigenvalue weighted by molar-refractivity contribution is 6.01. The molecule has 0 heterocycles. The summed E-state index contributed by atoms with van der Waals surface area (Å²) in [5.41, 5.74) is -2.02. The van der Waals surface area contributed by atoms with Crippen LogP contribution < -0.4 is 5.32 Å². The maximum atomic E-state index is 13.4. The lowest BCUT2D eigenvalue weighted by atomic mass is 9.46. The molecule has 4 saturated carbocycles. The molecule has 0 aromatic heterocycles. The summed E-state index contributed by atoms with van der Waals surface area (Å²) in [5, 5.41) is 35.2. The van der Waals surface area contributed by atoms with E-state index < -0.39 is 46.9 Å². The molecular weight excluding hydrogens is 554 g/mol. The standard InChI is InChI=1S/C33H45NO9/c1-31-13-11-22(35)15-21(31)7-8-23-24-12-14-33(42,32(24,2)16-25(36)29(23)31)26(37)18-43-28(39)10-9-27(38)34-17-19-3-5-20(6-4-19)30(40)41/h11,13,15,19-20,23-25,29,36,42H,3-10,12,14,16-18H2,1-2H3,(H,34,38)(H,40,41)/t19?,20?,23-,24-,25-,29+,31-,32-,33-/m0/s1. The number of aliphatic hydroxyl groups excluding tert-OH is 1. The second-order valence-electron chi connectivity index (χ2n) is 14.1. The van der Waals surface area contributed by atoms with Crippen molar-refractivity contribution in [3.05, 3.63) is 23.8 Å². The van der Waals surface area contributed by atoms with E-state index in [4.69, 9.17) is 9.84 Å². The number of amides is 1. The highest BCUT2D eigenvalue weighted by atomic mass is 16.5. The zero-order chi connectivity index (χ0) is 31.2. The monoisotopic (exact) mass is 599 g/mol. The number of hydrogen-bond donors (Lipinski definition) is 4. The van der Waals surface area contributed by atoms with E-state index in [0.29, 0.717) is 25.8 Å². The summed E-state index contributed by atoms with van der Waals surface area (Å²) in [6.45, 7) is 3.79. The Labute approximate surface area is 252 Å².